The third-order valence-electron chi connectivity index (χ3n) is 4.34. The molecule has 1 aliphatic heterocycles. The molecule has 3 nitrogen and oxygen atoms in total. The standard InChI is InChI=1S/C19H21ClN2O/c20-17-7-4-8-18(14-17)21-19(23)22-11-9-16(10-12-22)13-15-5-2-1-3-6-15/h1-8,14,16H,9-13H2,(H,21,23). The van der Waals surface area contributed by atoms with Crippen LogP contribution in [0.25, 0.3) is 0 Å². The van der Waals surface area contributed by atoms with Gasteiger partial charge >= 0.3 is 6.03 Å². The zero-order valence-electron chi connectivity index (χ0n) is 13.0. The molecule has 2 amide bonds. The van der Waals surface area contributed by atoms with E-state index in [1.807, 2.05) is 23.1 Å². The van der Waals surface area contributed by atoms with Gasteiger partial charge < -0.3 is 10.2 Å². The number of benzene rings is 2. The molecule has 2 aromatic carbocycles. The number of likely N-dealkylation sites (tertiary alicyclic amines) is 1. The number of urea groups is 1. The molecule has 0 spiro atoms. The Balaban J connectivity index is 1.49. The van der Waals surface area contributed by atoms with E-state index in [-0.39, 0.29) is 6.03 Å². The highest BCUT2D eigenvalue weighted by Crippen LogP contribution is 2.22. The quantitative estimate of drug-likeness (QED) is 0.860. The zero-order valence-corrected chi connectivity index (χ0v) is 13.8. The summed E-state index contributed by atoms with van der Waals surface area (Å²) in [6.07, 6.45) is 3.21. The van der Waals surface area contributed by atoms with Crippen LogP contribution in [0.1, 0.15) is 18.4 Å². The van der Waals surface area contributed by atoms with Gasteiger partial charge in [0, 0.05) is 23.8 Å². The number of anilines is 1. The Labute approximate surface area is 142 Å². The summed E-state index contributed by atoms with van der Waals surface area (Å²) in [5, 5.41) is 3.55. The van der Waals surface area contributed by atoms with E-state index >= 15 is 0 Å². The second-order valence-corrected chi connectivity index (χ2v) is 6.50. The van der Waals surface area contributed by atoms with E-state index in [2.05, 4.69) is 29.6 Å². The van der Waals surface area contributed by atoms with E-state index < -0.39 is 0 Å². The third kappa shape index (κ3) is 4.49. The Bertz CT molecular complexity index is 651. The van der Waals surface area contributed by atoms with E-state index in [1.54, 1.807) is 12.1 Å². The van der Waals surface area contributed by atoms with Gasteiger partial charge in [0.15, 0.2) is 0 Å². The molecule has 23 heavy (non-hydrogen) atoms. The van der Waals surface area contributed by atoms with E-state index in [0.717, 1.165) is 38.0 Å². The topological polar surface area (TPSA) is 32.3 Å². The second-order valence-electron chi connectivity index (χ2n) is 6.06. The zero-order chi connectivity index (χ0) is 16.1. The SMILES string of the molecule is O=C(Nc1cccc(Cl)c1)N1CCC(Cc2ccccc2)CC1. The van der Waals surface area contributed by atoms with Gasteiger partial charge in [-0.05, 0) is 48.9 Å². The van der Waals surface area contributed by atoms with E-state index in [9.17, 15) is 4.79 Å². The van der Waals surface area contributed by atoms with Crippen LogP contribution in [0.3, 0.4) is 0 Å². The molecule has 0 aromatic heterocycles. The molecule has 4 heteroatoms. The van der Waals surface area contributed by atoms with Crippen LogP contribution in [0.5, 0.6) is 0 Å². The van der Waals surface area contributed by atoms with Gasteiger partial charge in [0.25, 0.3) is 0 Å². The Morgan fingerprint density at radius 3 is 2.52 bits per heavy atom. The van der Waals surface area contributed by atoms with E-state index in [0.29, 0.717) is 10.9 Å². The average molecular weight is 329 g/mol. The van der Waals surface area contributed by atoms with E-state index in [4.69, 9.17) is 11.6 Å². The Morgan fingerprint density at radius 2 is 1.83 bits per heavy atom. The van der Waals surface area contributed by atoms with Gasteiger partial charge in [-0.15, -0.1) is 0 Å². The molecule has 0 bridgehead atoms. The molecule has 1 heterocycles. The van der Waals surface area contributed by atoms with Crippen LogP contribution in [0.15, 0.2) is 54.6 Å². The summed E-state index contributed by atoms with van der Waals surface area (Å²) >= 11 is 5.95. The molecule has 1 fully saturated rings. The van der Waals surface area contributed by atoms with Crippen LogP contribution in [0, 0.1) is 5.92 Å². The van der Waals surface area contributed by atoms with Gasteiger partial charge in [-0.2, -0.15) is 0 Å². The minimum atomic E-state index is -0.0366. The molecule has 0 aliphatic carbocycles. The summed E-state index contributed by atoms with van der Waals surface area (Å²) in [6, 6.07) is 17.8. The lowest BCUT2D eigenvalue weighted by Crippen LogP contribution is -2.41. The maximum absolute atomic E-state index is 12.3. The predicted octanol–water partition coefficient (Wildman–Crippen LogP) is 4.83. The summed E-state index contributed by atoms with van der Waals surface area (Å²) in [5.74, 6) is 0.660. The number of piperidine rings is 1. The van der Waals surface area contributed by atoms with Crippen LogP contribution in [-0.4, -0.2) is 24.0 Å². The first-order valence-corrected chi connectivity index (χ1v) is 8.44. The first kappa shape index (κ1) is 15.9. The highest BCUT2D eigenvalue weighted by Gasteiger charge is 2.22. The summed E-state index contributed by atoms with van der Waals surface area (Å²) < 4.78 is 0. The largest absolute Gasteiger partial charge is 0.325 e. The molecule has 0 radical (unpaired) electrons. The number of carbonyl (C=O) groups is 1. The summed E-state index contributed by atoms with van der Waals surface area (Å²) in [5.41, 5.74) is 2.13. The molecule has 0 unspecified atom stereocenters. The Kier molecular flexibility index (Phi) is 5.19. The van der Waals surface area contributed by atoms with Crippen LogP contribution in [-0.2, 0) is 6.42 Å². The highest BCUT2D eigenvalue weighted by molar-refractivity contribution is 6.30. The van der Waals surface area contributed by atoms with Crippen molar-refractivity contribution in [3.8, 4) is 0 Å². The minimum absolute atomic E-state index is 0.0366. The average Bonchev–Trinajstić information content (AvgIpc) is 2.56. The second kappa shape index (κ2) is 7.51. The number of hydrogen-bond donors (Lipinski definition) is 1. The number of nitrogens with one attached hydrogen (secondary N) is 1. The lowest BCUT2D eigenvalue weighted by atomic mass is 9.90. The lowest BCUT2D eigenvalue weighted by molar-refractivity contribution is 0.182. The van der Waals surface area contributed by atoms with Crippen LogP contribution in [0.4, 0.5) is 10.5 Å². The van der Waals surface area contributed by atoms with Crippen molar-refractivity contribution in [1.29, 1.82) is 0 Å². The van der Waals surface area contributed by atoms with Crippen LogP contribution >= 0.6 is 11.6 Å². The Hall–Kier alpha value is -2.00. The van der Waals surface area contributed by atoms with Crippen molar-refractivity contribution < 1.29 is 4.79 Å². The van der Waals surface area contributed by atoms with Gasteiger partial charge in [0.2, 0.25) is 0 Å². The molecule has 1 aliphatic rings. The molecule has 3 rings (SSSR count). The first-order chi connectivity index (χ1) is 11.2. The van der Waals surface area contributed by atoms with Crippen molar-refractivity contribution in [2.75, 3.05) is 18.4 Å². The molecule has 0 saturated carbocycles. The minimum Gasteiger partial charge on any atom is -0.325 e. The molecule has 1 saturated heterocycles. The van der Waals surface area contributed by atoms with Crippen molar-refractivity contribution in [1.82, 2.24) is 4.90 Å². The summed E-state index contributed by atoms with van der Waals surface area (Å²) in [6.45, 7) is 1.62. The van der Waals surface area contributed by atoms with Crippen LogP contribution in [0.2, 0.25) is 5.02 Å². The number of hydrogen-bond acceptors (Lipinski definition) is 1. The highest BCUT2D eigenvalue weighted by atomic mass is 35.5. The fourth-order valence-electron chi connectivity index (χ4n) is 3.06. The maximum atomic E-state index is 12.3. The number of amides is 2. The summed E-state index contributed by atoms with van der Waals surface area (Å²) in [7, 11) is 0. The molecule has 0 atom stereocenters. The molecule has 1 N–H and O–H groups in total. The Morgan fingerprint density at radius 1 is 1.09 bits per heavy atom. The lowest BCUT2D eigenvalue weighted by Gasteiger charge is -2.32. The number of nitrogens with zero attached hydrogens (tertiary/aromatic N) is 1. The molecular weight excluding hydrogens is 308 g/mol. The van der Waals surface area contributed by atoms with Gasteiger partial charge in [-0.25, -0.2) is 4.79 Å². The molecular formula is C19H21ClN2O. The summed E-state index contributed by atoms with van der Waals surface area (Å²) in [4.78, 5) is 14.2. The van der Waals surface area contributed by atoms with Crippen LogP contribution < -0.4 is 5.32 Å². The normalized spacial score (nSPS) is 15.4. The fourth-order valence-corrected chi connectivity index (χ4v) is 3.25. The smallest absolute Gasteiger partial charge is 0.321 e. The van der Waals surface area contributed by atoms with Crippen molar-refractivity contribution in [3.63, 3.8) is 0 Å². The number of rotatable bonds is 3. The van der Waals surface area contributed by atoms with Crippen molar-refractivity contribution in [3.05, 3.63) is 65.2 Å². The number of halogens is 1. The number of carbonyl (C=O) groups excluding carboxylic acids is 1. The van der Waals surface area contributed by atoms with Gasteiger partial charge in [0.05, 0.1) is 0 Å². The van der Waals surface area contributed by atoms with Crippen molar-refractivity contribution in [2.24, 2.45) is 5.92 Å². The van der Waals surface area contributed by atoms with Crippen molar-refractivity contribution in [2.45, 2.75) is 19.3 Å². The maximum Gasteiger partial charge on any atom is 0.321 e. The predicted molar refractivity (Wildman–Crippen MR) is 94.9 cm³/mol. The third-order valence-corrected chi connectivity index (χ3v) is 4.58. The van der Waals surface area contributed by atoms with E-state index in [1.165, 1.54) is 5.56 Å². The van der Waals surface area contributed by atoms with Gasteiger partial charge in [0.1, 0.15) is 0 Å². The molecule has 120 valence electrons. The fraction of sp³-hybridized carbons (Fsp3) is 0.316. The monoisotopic (exact) mass is 328 g/mol. The first-order valence-electron chi connectivity index (χ1n) is 8.06. The van der Waals surface area contributed by atoms with Crippen molar-refractivity contribution >= 4 is 23.3 Å². The molecule has 2 aromatic rings. The van der Waals surface area contributed by atoms with Gasteiger partial charge in [-0.3, -0.25) is 0 Å². The van der Waals surface area contributed by atoms with Gasteiger partial charge in [-0.1, -0.05) is 48.0 Å².